The molecule has 0 aliphatic heterocycles. The van der Waals surface area contributed by atoms with Crippen LogP contribution in [0.1, 0.15) is 4.88 Å². The largest absolute Gasteiger partial charge is 0.217 e. The SMILES string of the molecule is CSc1cccc(F)c1-c1nc(Cl)c2cc(C)sc2n1. The van der Waals surface area contributed by atoms with Gasteiger partial charge in [-0.2, -0.15) is 0 Å². The van der Waals surface area contributed by atoms with Crippen molar-refractivity contribution >= 4 is 44.9 Å². The topological polar surface area (TPSA) is 25.8 Å². The van der Waals surface area contributed by atoms with Gasteiger partial charge < -0.3 is 0 Å². The number of hydrogen-bond donors (Lipinski definition) is 0. The van der Waals surface area contributed by atoms with E-state index in [2.05, 4.69) is 9.97 Å². The molecule has 0 bridgehead atoms. The Hall–Kier alpha value is -1.17. The van der Waals surface area contributed by atoms with E-state index < -0.39 is 0 Å². The minimum Gasteiger partial charge on any atom is -0.217 e. The van der Waals surface area contributed by atoms with Gasteiger partial charge in [-0.1, -0.05) is 17.7 Å². The van der Waals surface area contributed by atoms with Crippen LogP contribution in [0, 0.1) is 12.7 Å². The van der Waals surface area contributed by atoms with Crippen molar-refractivity contribution in [3.8, 4) is 11.4 Å². The van der Waals surface area contributed by atoms with Crippen LogP contribution >= 0.6 is 34.7 Å². The normalized spacial score (nSPS) is 11.2. The van der Waals surface area contributed by atoms with Crippen LogP contribution in [0.25, 0.3) is 21.6 Å². The molecular weight excluding hydrogens is 315 g/mol. The molecule has 0 N–H and O–H groups in total. The van der Waals surface area contributed by atoms with Crippen LogP contribution in [-0.4, -0.2) is 16.2 Å². The lowest BCUT2D eigenvalue weighted by atomic mass is 10.2. The van der Waals surface area contributed by atoms with Crippen molar-refractivity contribution in [2.45, 2.75) is 11.8 Å². The molecule has 0 aliphatic carbocycles. The van der Waals surface area contributed by atoms with Crippen LogP contribution in [0.15, 0.2) is 29.2 Å². The second kappa shape index (κ2) is 5.31. The van der Waals surface area contributed by atoms with E-state index in [1.165, 1.54) is 29.2 Å². The molecule has 6 heteroatoms. The molecule has 0 aliphatic rings. The third-order valence-electron chi connectivity index (χ3n) is 2.89. The third-order valence-corrected chi connectivity index (χ3v) is 4.90. The second-order valence-corrected chi connectivity index (χ2v) is 6.67. The van der Waals surface area contributed by atoms with Gasteiger partial charge in [0.15, 0.2) is 5.82 Å². The van der Waals surface area contributed by atoms with E-state index in [4.69, 9.17) is 11.6 Å². The third kappa shape index (κ3) is 2.30. The number of aromatic nitrogens is 2. The fraction of sp³-hybridized carbons (Fsp3) is 0.143. The molecule has 3 rings (SSSR count). The van der Waals surface area contributed by atoms with E-state index in [0.29, 0.717) is 16.5 Å². The Bertz CT molecular complexity index is 801. The predicted octanol–water partition coefficient (Wildman–Crippen LogP) is 5.18. The summed E-state index contributed by atoms with van der Waals surface area (Å²) in [6.07, 6.45) is 1.90. The molecule has 2 nitrogen and oxygen atoms in total. The van der Waals surface area contributed by atoms with Gasteiger partial charge in [-0.05, 0) is 31.4 Å². The first-order chi connectivity index (χ1) is 9.60. The number of thioether (sulfide) groups is 1. The highest BCUT2D eigenvalue weighted by molar-refractivity contribution is 7.98. The van der Waals surface area contributed by atoms with E-state index in [1.807, 2.05) is 25.3 Å². The van der Waals surface area contributed by atoms with Gasteiger partial charge in [-0.25, -0.2) is 14.4 Å². The molecule has 20 heavy (non-hydrogen) atoms. The minimum atomic E-state index is -0.333. The molecule has 102 valence electrons. The summed E-state index contributed by atoms with van der Waals surface area (Å²) in [6.45, 7) is 1.98. The van der Waals surface area contributed by atoms with Crippen LogP contribution in [-0.2, 0) is 0 Å². The maximum atomic E-state index is 14.1. The summed E-state index contributed by atoms with van der Waals surface area (Å²) in [5.41, 5.74) is 0.412. The molecule has 0 amide bonds. The van der Waals surface area contributed by atoms with Gasteiger partial charge in [0, 0.05) is 15.2 Å². The average molecular weight is 325 g/mol. The predicted molar refractivity (Wildman–Crippen MR) is 84.3 cm³/mol. The van der Waals surface area contributed by atoms with Gasteiger partial charge in [-0.15, -0.1) is 23.1 Å². The zero-order valence-electron chi connectivity index (χ0n) is 10.8. The Morgan fingerprint density at radius 1 is 1.30 bits per heavy atom. The zero-order chi connectivity index (χ0) is 14.3. The molecule has 0 radical (unpaired) electrons. The van der Waals surface area contributed by atoms with Gasteiger partial charge in [0.2, 0.25) is 0 Å². The van der Waals surface area contributed by atoms with Crippen molar-refractivity contribution in [1.82, 2.24) is 9.97 Å². The number of nitrogens with zero attached hydrogens (tertiary/aromatic N) is 2. The number of aryl methyl sites for hydroxylation is 1. The molecule has 1 aromatic carbocycles. The number of rotatable bonds is 2. The number of halogens is 2. The summed E-state index contributed by atoms with van der Waals surface area (Å²) in [5.74, 6) is 0.00680. The fourth-order valence-electron chi connectivity index (χ4n) is 2.01. The molecule has 0 spiro atoms. The lowest BCUT2D eigenvalue weighted by molar-refractivity contribution is 0.627. The summed E-state index contributed by atoms with van der Waals surface area (Å²) in [6, 6.07) is 6.89. The van der Waals surface area contributed by atoms with Gasteiger partial charge in [0.25, 0.3) is 0 Å². The summed E-state index contributed by atoms with van der Waals surface area (Å²) < 4.78 is 14.1. The highest BCUT2D eigenvalue weighted by atomic mass is 35.5. The van der Waals surface area contributed by atoms with Crippen molar-refractivity contribution in [3.63, 3.8) is 0 Å². The van der Waals surface area contributed by atoms with Crippen LogP contribution in [0.4, 0.5) is 4.39 Å². The number of hydrogen-bond acceptors (Lipinski definition) is 4. The monoisotopic (exact) mass is 324 g/mol. The molecule has 2 heterocycles. The number of benzene rings is 1. The second-order valence-electron chi connectivity index (χ2n) is 4.23. The standard InChI is InChI=1S/C14H10ClFN2S2/c1-7-6-8-12(15)17-13(18-14(8)20-7)11-9(16)4-3-5-10(11)19-2/h3-6H,1-2H3. The van der Waals surface area contributed by atoms with Crippen LogP contribution in [0.2, 0.25) is 5.15 Å². The molecule has 2 aromatic heterocycles. The van der Waals surface area contributed by atoms with Crippen LogP contribution in [0.3, 0.4) is 0 Å². The van der Waals surface area contributed by atoms with E-state index in [1.54, 1.807) is 6.07 Å². The Kier molecular flexibility index (Phi) is 3.67. The Balaban J connectivity index is 2.30. The summed E-state index contributed by atoms with van der Waals surface area (Å²) in [7, 11) is 0. The molecule has 0 unspecified atom stereocenters. The van der Waals surface area contributed by atoms with Crippen molar-refractivity contribution in [3.05, 3.63) is 40.1 Å². The lowest BCUT2D eigenvalue weighted by Crippen LogP contribution is -1.94. The molecule has 0 saturated heterocycles. The van der Waals surface area contributed by atoms with E-state index >= 15 is 0 Å². The summed E-state index contributed by atoms with van der Waals surface area (Å²) in [4.78, 5) is 11.4. The summed E-state index contributed by atoms with van der Waals surface area (Å²) in [5, 5.41) is 1.18. The number of thiophene rings is 1. The van der Waals surface area contributed by atoms with E-state index in [0.717, 1.165) is 20.0 Å². The zero-order valence-corrected chi connectivity index (χ0v) is 13.2. The van der Waals surface area contributed by atoms with Crippen molar-refractivity contribution in [2.75, 3.05) is 6.26 Å². The molecule has 3 aromatic rings. The van der Waals surface area contributed by atoms with E-state index in [-0.39, 0.29) is 5.82 Å². The van der Waals surface area contributed by atoms with Crippen LogP contribution in [0.5, 0.6) is 0 Å². The maximum Gasteiger partial charge on any atom is 0.166 e. The summed E-state index contributed by atoms with van der Waals surface area (Å²) >= 11 is 9.19. The smallest absolute Gasteiger partial charge is 0.166 e. The van der Waals surface area contributed by atoms with Gasteiger partial charge in [0.1, 0.15) is 15.8 Å². The van der Waals surface area contributed by atoms with Crippen molar-refractivity contribution < 1.29 is 4.39 Å². The first kappa shape index (κ1) is 13.8. The minimum absolute atomic E-state index is 0.333. The Labute approximate surface area is 129 Å². The van der Waals surface area contributed by atoms with Crippen molar-refractivity contribution in [2.24, 2.45) is 0 Å². The highest BCUT2D eigenvalue weighted by Gasteiger charge is 2.16. The van der Waals surface area contributed by atoms with Crippen LogP contribution < -0.4 is 0 Å². The molecule has 0 atom stereocenters. The quantitative estimate of drug-likeness (QED) is 0.479. The highest BCUT2D eigenvalue weighted by Crippen LogP contribution is 2.35. The van der Waals surface area contributed by atoms with Gasteiger partial charge in [0.05, 0.1) is 5.56 Å². The average Bonchev–Trinajstić information content (AvgIpc) is 2.79. The Morgan fingerprint density at radius 3 is 2.85 bits per heavy atom. The first-order valence-corrected chi connectivity index (χ1v) is 8.28. The number of fused-ring (bicyclic) bond motifs is 1. The molecule has 0 saturated carbocycles. The molecule has 0 fully saturated rings. The van der Waals surface area contributed by atoms with Gasteiger partial charge >= 0.3 is 0 Å². The first-order valence-electron chi connectivity index (χ1n) is 5.86. The lowest BCUT2D eigenvalue weighted by Gasteiger charge is -2.07. The fourth-order valence-corrected chi connectivity index (χ4v) is 3.78. The van der Waals surface area contributed by atoms with Gasteiger partial charge in [-0.3, -0.25) is 0 Å². The van der Waals surface area contributed by atoms with E-state index in [9.17, 15) is 4.39 Å². The maximum absolute atomic E-state index is 14.1. The Morgan fingerprint density at radius 2 is 2.10 bits per heavy atom. The molecular formula is C14H10ClFN2S2. The van der Waals surface area contributed by atoms with Crippen molar-refractivity contribution in [1.29, 1.82) is 0 Å².